The molecule has 1 unspecified atom stereocenters. The summed E-state index contributed by atoms with van der Waals surface area (Å²) in [5, 5.41) is 2.99. The molecular weight excluding hydrogens is 305 g/mol. The molecule has 1 saturated carbocycles. The van der Waals surface area contributed by atoms with E-state index in [2.05, 4.69) is 21.2 Å². The van der Waals surface area contributed by atoms with Crippen molar-refractivity contribution in [3.05, 3.63) is 22.4 Å². The minimum atomic E-state index is -0.0458. The molecule has 1 aromatic heterocycles. The molecule has 4 nitrogen and oxygen atoms in total. The number of halogens is 2. The van der Waals surface area contributed by atoms with E-state index < -0.39 is 0 Å². The number of nitrogens with one attached hydrogen (secondary N) is 1. The van der Waals surface area contributed by atoms with E-state index in [1.165, 1.54) is 12.8 Å². The van der Waals surface area contributed by atoms with E-state index in [1.54, 1.807) is 4.57 Å². The number of carbonyl (C=O) groups excluding carboxylic acids is 1. The van der Waals surface area contributed by atoms with Gasteiger partial charge in [0.1, 0.15) is 5.69 Å². The summed E-state index contributed by atoms with van der Waals surface area (Å²) < 4.78 is 2.72. The van der Waals surface area contributed by atoms with Crippen LogP contribution >= 0.6 is 28.3 Å². The molecule has 3 N–H and O–H groups in total. The van der Waals surface area contributed by atoms with Crippen molar-refractivity contribution in [1.82, 2.24) is 9.88 Å². The summed E-state index contributed by atoms with van der Waals surface area (Å²) in [4.78, 5) is 12.0. The Morgan fingerprint density at radius 3 is 2.76 bits per heavy atom. The number of rotatable bonds is 4. The van der Waals surface area contributed by atoms with E-state index in [4.69, 9.17) is 5.73 Å². The van der Waals surface area contributed by atoms with Crippen LogP contribution in [-0.4, -0.2) is 23.1 Å². The number of aryl methyl sites for hydroxylation is 1. The standard InChI is InChI=1S/C11H16BrN3O.ClH/c1-15-6-8(12)4-10(15)11(16)14-9(5-13)7-2-3-7;/h4,6-7,9H,2-3,5,13H2,1H3,(H,14,16);1H. The number of aromatic nitrogens is 1. The smallest absolute Gasteiger partial charge is 0.268 e. The van der Waals surface area contributed by atoms with Crippen LogP contribution in [0.15, 0.2) is 16.7 Å². The first kappa shape index (κ1) is 14.5. The molecule has 0 saturated heterocycles. The third-order valence-electron chi connectivity index (χ3n) is 2.97. The second-order valence-electron chi connectivity index (χ2n) is 4.31. The molecule has 0 radical (unpaired) electrons. The highest BCUT2D eigenvalue weighted by atomic mass is 79.9. The van der Waals surface area contributed by atoms with E-state index in [1.807, 2.05) is 19.3 Å². The fourth-order valence-electron chi connectivity index (χ4n) is 1.86. The molecule has 1 amide bonds. The first-order valence-electron chi connectivity index (χ1n) is 5.44. The number of nitrogens with zero attached hydrogens (tertiary/aromatic N) is 1. The average molecular weight is 323 g/mol. The Hall–Kier alpha value is -0.520. The van der Waals surface area contributed by atoms with Gasteiger partial charge in [0.05, 0.1) is 0 Å². The summed E-state index contributed by atoms with van der Waals surface area (Å²) in [6.07, 6.45) is 4.22. The van der Waals surface area contributed by atoms with Gasteiger partial charge in [0.15, 0.2) is 0 Å². The van der Waals surface area contributed by atoms with Crippen molar-refractivity contribution in [3.8, 4) is 0 Å². The van der Waals surface area contributed by atoms with Crippen molar-refractivity contribution in [2.75, 3.05) is 6.54 Å². The molecule has 2 rings (SSSR count). The second-order valence-corrected chi connectivity index (χ2v) is 5.22. The maximum Gasteiger partial charge on any atom is 0.268 e. The van der Waals surface area contributed by atoms with Crippen molar-refractivity contribution < 1.29 is 4.79 Å². The third kappa shape index (κ3) is 3.47. The van der Waals surface area contributed by atoms with Gasteiger partial charge >= 0.3 is 0 Å². The molecule has 1 aromatic rings. The Morgan fingerprint density at radius 1 is 1.71 bits per heavy atom. The highest BCUT2D eigenvalue weighted by molar-refractivity contribution is 9.10. The molecule has 1 aliphatic rings. The maximum atomic E-state index is 12.0. The van der Waals surface area contributed by atoms with Gasteiger partial charge < -0.3 is 15.6 Å². The van der Waals surface area contributed by atoms with Crippen molar-refractivity contribution in [3.63, 3.8) is 0 Å². The molecule has 0 aliphatic heterocycles. The fourth-order valence-corrected chi connectivity index (χ4v) is 2.38. The average Bonchev–Trinajstić information content (AvgIpc) is 3.01. The van der Waals surface area contributed by atoms with Crippen molar-refractivity contribution in [2.45, 2.75) is 18.9 Å². The van der Waals surface area contributed by atoms with Crippen LogP contribution in [0.1, 0.15) is 23.3 Å². The monoisotopic (exact) mass is 321 g/mol. The summed E-state index contributed by atoms with van der Waals surface area (Å²) in [5.74, 6) is 0.535. The minimum absolute atomic E-state index is 0. The van der Waals surface area contributed by atoms with Gasteiger partial charge in [-0.3, -0.25) is 4.79 Å². The Bertz CT molecular complexity index is 403. The van der Waals surface area contributed by atoms with Gasteiger partial charge in [0.2, 0.25) is 0 Å². The van der Waals surface area contributed by atoms with Gasteiger partial charge in [0, 0.05) is 30.3 Å². The summed E-state index contributed by atoms with van der Waals surface area (Å²) in [7, 11) is 1.86. The van der Waals surface area contributed by atoms with Crippen LogP contribution in [0.25, 0.3) is 0 Å². The summed E-state index contributed by atoms with van der Waals surface area (Å²) in [6, 6.07) is 1.94. The summed E-state index contributed by atoms with van der Waals surface area (Å²) in [6.45, 7) is 0.516. The molecular formula is C11H17BrClN3O. The molecule has 1 fully saturated rings. The number of carbonyl (C=O) groups is 1. The lowest BCUT2D eigenvalue weighted by Gasteiger charge is -2.16. The zero-order chi connectivity index (χ0) is 11.7. The van der Waals surface area contributed by atoms with Gasteiger partial charge in [-0.2, -0.15) is 0 Å². The Balaban J connectivity index is 0.00000144. The van der Waals surface area contributed by atoms with Crippen LogP contribution < -0.4 is 11.1 Å². The summed E-state index contributed by atoms with van der Waals surface area (Å²) in [5.41, 5.74) is 6.31. The Labute approximate surface area is 115 Å². The topological polar surface area (TPSA) is 60.0 Å². The Kier molecular flexibility index (Phi) is 5.04. The quantitative estimate of drug-likeness (QED) is 0.886. The lowest BCUT2D eigenvalue weighted by Crippen LogP contribution is -2.42. The van der Waals surface area contributed by atoms with Crippen LogP contribution in [0, 0.1) is 5.92 Å². The minimum Gasteiger partial charge on any atom is -0.346 e. The number of nitrogens with two attached hydrogens (primary N) is 1. The number of hydrogen-bond acceptors (Lipinski definition) is 2. The Morgan fingerprint density at radius 2 is 2.35 bits per heavy atom. The van der Waals surface area contributed by atoms with Crippen LogP contribution in [-0.2, 0) is 7.05 Å². The van der Waals surface area contributed by atoms with Gasteiger partial charge in [0.25, 0.3) is 5.91 Å². The number of hydrogen-bond donors (Lipinski definition) is 2. The van der Waals surface area contributed by atoms with E-state index in [-0.39, 0.29) is 24.4 Å². The molecule has 17 heavy (non-hydrogen) atoms. The molecule has 96 valence electrons. The normalized spacial score (nSPS) is 16.2. The van der Waals surface area contributed by atoms with Gasteiger partial charge in [-0.15, -0.1) is 12.4 Å². The second kappa shape index (κ2) is 5.89. The predicted molar refractivity (Wildman–Crippen MR) is 73.4 cm³/mol. The zero-order valence-electron chi connectivity index (χ0n) is 9.65. The van der Waals surface area contributed by atoms with Crippen molar-refractivity contribution in [2.24, 2.45) is 18.7 Å². The van der Waals surface area contributed by atoms with Gasteiger partial charge in [-0.05, 0) is 40.8 Å². The molecule has 0 bridgehead atoms. The van der Waals surface area contributed by atoms with E-state index >= 15 is 0 Å². The lowest BCUT2D eigenvalue weighted by molar-refractivity contribution is 0.0925. The van der Waals surface area contributed by atoms with Crippen molar-refractivity contribution >= 4 is 34.2 Å². The van der Waals surface area contributed by atoms with Gasteiger partial charge in [-0.25, -0.2) is 0 Å². The maximum absolute atomic E-state index is 12.0. The summed E-state index contributed by atoms with van der Waals surface area (Å²) >= 11 is 3.35. The highest BCUT2D eigenvalue weighted by Crippen LogP contribution is 2.32. The molecule has 6 heteroatoms. The van der Waals surface area contributed by atoms with Crippen LogP contribution in [0.4, 0.5) is 0 Å². The SMILES string of the molecule is Cl.Cn1cc(Br)cc1C(=O)NC(CN)C1CC1. The third-order valence-corrected chi connectivity index (χ3v) is 3.40. The molecule has 1 aliphatic carbocycles. The van der Waals surface area contributed by atoms with E-state index in [0.717, 1.165) is 4.47 Å². The number of amides is 1. The first-order chi connectivity index (χ1) is 7.61. The molecule has 1 atom stereocenters. The predicted octanol–water partition coefficient (Wildman–Crippen LogP) is 1.68. The largest absolute Gasteiger partial charge is 0.346 e. The van der Waals surface area contributed by atoms with Crippen LogP contribution in [0.5, 0.6) is 0 Å². The van der Waals surface area contributed by atoms with Crippen LogP contribution in [0.2, 0.25) is 0 Å². The van der Waals surface area contributed by atoms with Crippen molar-refractivity contribution in [1.29, 1.82) is 0 Å². The molecule has 0 aromatic carbocycles. The first-order valence-corrected chi connectivity index (χ1v) is 6.24. The van der Waals surface area contributed by atoms with E-state index in [9.17, 15) is 4.79 Å². The fraction of sp³-hybridized carbons (Fsp3) is 0.545. The lowest BCUT2D eigenvalue weighted by atomic mass is 10.2. The van der Waals surface area contributed by atoms with E-state index in [0.29, 0.717) is 18.2 Å². The highest BCUT2D eigenvalue weighted by Gasteiger charge is 2.31. The van der Waals surface area contributed by atoms with Crippen LogP contribution in [0.3, 0.4) is 0 Å². The molecule has 0 spiro atoms. The zero-order valence-corrected chi connectivity index (χ0v) is 12.1. The molecule has 1 heterocycles. The van der Waals surface area contributed by atoms with Gasteiger partial charge in [-0.1, -0.05) is 0 Å².